The normalized spacial score (nSPS) is 16.5. The van der Waals surface area contributed by atoms with Crippen LogP contribution < -0.4 is 9.47 Å². The van der Waals surface area contributed by atoms with Crippen molar-refractivity contribution in [1.82, 2.24) is 0 Å². The van der Waals surface area contributed by atoms with E-state index in [-0.39, 0.29) is 31.8 Å². The van der Waals surface area contributed by atoms with E-state index in [1.807, 2.05) is 12.1 Å². The fourth-order valence-electron chi connectivity index (χ4n) is 4.40. The lowest BCUT2D eigenvalue weighted by Gasteiger charge is -2.37. The molecule has 1 aliphatic rings. The summed E-state index contributed by atoms with van der Waals surface area (Å²) in [6, 6.07) is 12.7. The SMILES string of the molecule is OCCOc1ccc(C2(c3ccc(OCCO)c(Br)c3)CCCCCCC2)cc1Br. The van der Waals surface area contributed by atoms with E-state index in [0.717, 1.165) is 33.3 Å². The molecule has 0 amide bonds. The summed E-state index contributed by atoms with van der Waals surface area (Å²) in [4.78, 5) is 0. The standard InChI is InChI=1S/C24H30Br2O4/c25-20-16-18(6-8-22(20)29-14-12-27)24(10-4-2-1-3-5-11-24)19-7-9-23(21(26)17-19)30-15-13-28/h6-9,16-17,27-28H,1-5,10-15H2. The maximum absolute atomic E-state index is 9.06. The number of rotatable bonds is 8. The monoisotopic (exact) mass is 540 g/mol. The van der Waals surface area contributed by atoms with Crippen molar-refractivity contribution in [2.45, 2.75) is 50.4 Å². The Morgan fingerprint density at radius 3 is 1.53 bits per heavy atom. The Bertz CT molecular complexity index is 757. The lowest BCUT2D eigenvalue weighted by atomic mass is 9.67. The van der Waals surface area contributed by atoms with Crippen molar-refractivity contribution in [2.24, 2.45) is 0 Å². The Balaban J connectivity index is 2.01. The van der Waals surface area contributed by atoms with E-state index in [1.54, 1.807) is 0 Å². The van der Waals surface area contributed by atoms with Gasteiger partial charge in [0.2, 0.25) is 0 Å². The highest BCUT2D eigenvalue weighted by Crippen LogP contribution is 2.46. The first-order valence-corrected chi connectivity index (χ1v) is 12.3. The minimum atomic E-state index is -0.0729. The smallest absolute Gasteiger partial charge is 0.133 e. The molecule has 164 valence electrons. The minimum Gasteiger partial charge on any atom is -0.490 e. The molecule has 0 unspecified atom stereocenters. The van der Waals surface area contributed by atoms with Crippen LogP contribution in [0.2, 0.25) is 0 Å². The maximum atomic E-state index is 9.06. The Hall–Kier alpha value is -1.08. The maximum Gasteiger partial charge on any atom is 0.133 e. The molecule has 0 heterocycles. The van der Waals surface area contributed by atoms with Gasteiger partial charge < -0.3 is 19.7 Å². The molecule has 0 atom stereocenters. The van der Waals surface area contributed by atoms with E-state index < -0.39 is 0 Å². The Labute approximate surface area is 195 Å². The van der Waals surface area contributed by atoms with Gasteiger partial charge in [-0.1, -0.05) is 44.2 Å². The van der Waals surface area contributed by atoms with E-state index in [2.05, 4.69) is 56.1 Å². The fraction of sp³-hybridized carbons (Fsp3) is 0.500. The second-order valence-electron chi connectivity index (χ2n) is 7.78. The first-order valence-electron chi connectivity index (χ1n) is 10.7. The van der Waals surface area contributed by atoms with Crippen LogP contribution in [0.4, 0.5) is 0 Å². The Morgan fingerprint density at radius 1 is 0.700 bits per heavy atom. The molecule has 0 aromatic heterocycles. The molecule has 0 bridgehead atoms. The molecule has 3 rings (SSSR count). The van der Waals surface area contributed by atoms with Crippen LogP contribution in [0.15, 0.2) is 45.3 Å². The number of aliphatic hydroxyl groups is 2. The first-order chi connectivity index (χ1) is 14.6. The largest absolute Gasteiger partial charge is 0.490 e. The molecule has 0 saturated heterocycles. The third kappa shape index (κ3) is 5.58. The summed E-state index contributed by atoms with van der Waals surface area (Å²) in [5, 5.41) is 18.1. The molecule has 1 aliphatic carbocycles. The highest BCUT2D eigenvalue weighted by molar-refractivity contribution is 9.10. The molecule has 2 aromatic carbocycles. The summed E-state index contributed by atoms with van der Waals surface area (Å²) >= 11 is 7.34. The van der Waals surface area contributed by atoms with Gasteiger partial charge >= 0.3 is 0 Å². The molecule has 1 fully saturated rings. The van der Waals surface area contributed by atoms with Gasteiger partial charge in [-0.2, -0.15) is 0 Å². The second kappa shape index (κ2) is 11.5. The molecule has 2 aromatic rings. The summed E-state index contributed by atoms with van der Waals surface area (Å²) in [6.07, 6.45) is 8.42. The molecule has 0 radical (unpaired) electrons. The van der Waals surface area contributed by atoms with Crippen molar-refractivity contribution in [3.05, 3.63) is 56.5 Å². The van der Waals surface area contributed by atoms with Crippen LogP contribution in [0.3, 0.4) is 0 Å². The van der Waals surface area contributed by atoms with E-state index >= 15 is 0 Å². The number of hydrogen-bond donors (Lipinski definition) is 2. The molecular formula is C24H30Br2O4. The third-order valence-electron chi connectivity index (χ3n) is 5.87. The summed E-state index contributed by atoms with van der Waals surface area (Å²) in [6.45, 7) is 0.560. The van der Waals surface area contributed by atoms with Crippen LogP contribution in [0.25, 0.3) is 0 Å². The summed E-state index contributed by atoms with van der Waals surface area (Å²) in [5.41, 5.74) is 2.49. The van der Waals surface area contributed by atoms with Gasteiger partial charge in [0.15, 0.2) is 0 Å². The molecule has 0 aliphatic heterocycles. The van der Waals surface area contributed by atoms with Crippen LogP contribution in [-0.4, -0.2) is 36.6 Å². The fourth-order valence-corrected chi connectivity index (χ4v) is 5.38. The average molecular weight is 542 g/mol. The van der Waals surface area contributed by atoms with Crippen LogP contribution in [0.1, 0.15) is 56.1 Å². The average Bonchev–Trinajstić information content (AvgIpc) is 2.72. The van der Waals surface area contributed by atoms with E-state index in [1.165, 1.54) is 43.2 Å². The third-order valence-corrected chi connectivity index (χ3v) is 7.11. The first kappa shape index (κ1) is 23.6. The van der Waals surface area contributed by atoms with Crippen molar-refractivity contribution in [1.29, 1.82) is 0 Å². The Morgan fingerprint density at radius 2 is 1.13 bits per heavy atom. The zero-order chi connectivity index (χ0) is 21.4. The van der Waals surface area contributed by atoms with Gasteiger partial charge in [-0.3, -0.25) is 0 Å². The van der Waals surface area contributed by atoms with E-state index in [9.17, 15) is 0 Å². The quantitative estimate of drug-likeness (QED) is 0.431. The second-order valence-corrected chi connectivity index (χ2v) is 9.49. The number of aliphatic hydroxyl groups excluding tert-OH is 2. The van der Waals surface area contributed by atoms with Gasteiger partial charge in [0.05, 0.1) is 22.2 Å². The Kier molecular flexibility index (Phi) is 9.05. The lowest BCUT2D eigenvalue weighted by Crippen LogP contribution is -2.29. The molecule has 1 saturated carbocycles. The van der Waals surface area contributed by atoms with Gasteiger partial charge in [-0.25, -0.2) is 0 Å². The van der Waals surface area contributed by atoms with Crippen LogP contribution >= 0.6 is 31.9 Å². The van der Waals surface area contributed by atoms with Gasteiger partial charge in [0.25, 0.3) is 0 Å². The molecule has 30 heavy (non-hydrogen) atoms. The van der Waals surface area contributed by atoms with Crippen molar-refractivity contribution >= 4 is 31.9 Å². The van der Waals surface area contributed by atoms with E-state index in [4.69, 9.17) is 19.7 Å². The highest BCUT2D eigenvalue weighted by atomic mass is 79.9. The number of halogens is 2. The van der Waals surface area contributed by atoms with Crippen molar-refractivity contribution in [2.75, 3.05) is 26.4 Å². The van der Waals surface area contributed by atoms with Gasteiger partial charge in [0.1, 0.15) is 24.7 Å². The zero-order valence-corrected chi connectivity index (χ0v) is 20.4. The van der Waals surface area contributed by atoms with Crippen molar-refractivity contribution in [3.8, 4) is 11.5 Å². The van der Waals surface area contributed by atoms with Crippen LogP contribution in [0.5, 0.6) is 11.5 Å². The molecule has 6 heteroatoms. The minimum absolute atomic E-state index is 0.00312. The van der Waals surface area contributed by atoms with Gasteiger partial charge in [0, 0.05) is 5.41 Å². The number of benzene rings is 2. The van der Waals surface area contributed by atoms with Crippen molar-refractivity contribution in [3.63, 3.8) is 0 Å². The summed E-state index contributed by atoms with van der Waals surface area (Å²) in [5.74, 6) is 1.51. The molecular weight excluding hydrogens is 512 g/mol. The van der Waals surface area contributed by atoms with Crippen molar-refractivity contribution < 1.29 is 19.7 Å². The van der Waals surface area contributed by atoms with Gasteiger partial charge in [-0.05, 0) is 80.1 Å². The van der Waals surface area contributed by atoms with Gasteiger partial charge in [-0.15, -0.1) is 0 Å². The number of ether oxygens (including phenoxy) is 2. The summed E-state index contributed by atoms with van der Waals surface area (Å²) < 4.78 is 13.1. The molecule has 0 spiro atoms. The molecule has 2 N–H and O–H groups in total. The predicted octanol–water partition coefficient (Wildman–Crippen LogP) is 5.98. The predicted molar refractivity (Wildman–Crippen MR) is 127 cm³/mol. The van der Waals surface area contributed by atoms with E-state index in [0.29, 0.717) is 0 Å². The zero-order valence-electron chi connectivity index (χ0n) is 17.2. The highest BCUT2D eigenvalue weighted by Gasteiger charge is 2.35. The molecule has 4 nitrogen and oxygen atoms in total. The lowest BCUT2D eigenvalue weighted by molar-refractivity contribution is 0.200. The topological polar surface area (TPSA) is 58.9 Å². The van der Waals surface area contributed by atoms with Crippen LogP contribution in [-0.2, 0) is 5.41 Å². The van der Waals surface area contributed by atoms with Crippen LogP contribution in [0, 0.1) is 0 Å². The summed E-state index contributed by atoms with van der Waals surface area (Å²) in [7, 11) is 0. The number of hydrogen-bond acceptors (Lipinski definition) is 4.